The van der Waals surface area contributed by atoms with Crippen LogP contribution in [0.5, 0.6) is 0 Å². The number of hydrogen-bond donors (Lipinski definition) is 1. The van der Waals surface area contributed by atoms with Crippen LogP contribution in [-0.4, -0.2) is 17.6 Å². The van der Waals surface area contributed by atoms with E-state index in [9.17, 15) is 22.8 Å². The molecule has 4 rings (SSSR count). The minimum absolute atomic E-state index is 0.138. The van der Waals surface area contributed by atoms with Crippen LogP contribution in [0, 0.1) is 0 Å². The van der Waals surface area contributed by atoms with Crippen LogP contribution in [0.4, 0.5) is 24.5 Å². The number of anilines is 2. The summed E-state index contributed by atoms with van der Waals surface area (Å²) in [5.41, 5.74) is 2.02. The van der Waals surface area contributed by atoms with Crippen molar-refractivity contribution < 1.29 is 22.8 Å². The SMILES string of the molecule is O=C(Cc1ccccc1)Nc1ccc([C@H]2SCC(=O)N2c2ccc(C(F)(F)F)cc2)cc1. The molecule has 2 amide bonds. The Bertz CT molecular complexity index is 1100. The van der Waals surface area contributed by atoms with E-state index in [-0.39, 0.29) is 29.4 Å². The molecule has 0 aromatic heterocycles. The molecule has 0 spiro atoms. The number of alkyl halides is 3. The van der Waals surface area contributed by atoms with Gasteiger partial charge in [0.05, 0.1) is 17.7 Å². The number of rotatable bonds is 5. The molecule has 164 valence electrons. The molecular formula is C24H19F3N2O2S. The highest BCUT2D eigenvalue weighted by atomic mass is 32.2. The van der Waals surface area contributed by atoms with E-state index in [2.05, 4.69) is 5.32 Å². The summed E-state index contributed by atoms with van der Waals surface area (Å²) in [7, 11) is 0. The molecule has 1 heterocycles. The Hall–Kier alpha value is -3.26. The Balaban J connectivity index is 1.46. The molecule has 32 heavy (non-hydrogen) atoms. The molecule has 4 nitrogen and oxygen atoms in total. The molecule has 0 unspecified atom stereocenters. The first-order chi connectivity index (χ1) is 15.3. The largest absolute Gasteiger partial charge is 0.416 e. The van der Waals surface area contributed by atoms with Crippen LogP contribution in [0.3, 0.4) is 0 Å². The van der Waals surface area contributed by atoms with Gasteiger partial charge in [-0.25, -0.2) is 0 Å². The average Bonchev–Trinajstić information content (AvgIpc) is 3.16. The third-order valence-corrected chi connectivity index (χ3v) is 6.24. The highest BCUT2D eigenvalue weighted by Gasteiger charge is 2.35. The number of benzene rings is 3. The van der Waals surface area contributed by atoms with Crippen molar-refractivity contribution in [1.29, 1.82) is 0 Å². The fourth-order valence-electron chi connectivity index (χ4n) is 3.48. The lowest BCUT2D eigenvalue weighted by Crippen LogP contribution is -2.27. The van der Waals surface area contributed by atoms with E-state index in [1.165, 1.54) is 28.8 Å². The van der Waals surface area contributed by atoms with Gasteiger partial charge in [0.15, 0.2) is 0 Å². The van der Waals surface area contributed by atoms with E-state index >= 15 is 0 Å². The van der Waals surface area contributed by atoms with Crippen molar-refractivity contribution in [2.24, 2.45) is 0 Å². The molecule has 0 saturated carbocycles. The van der Waals surface area contributed by atoms with E-state index in [0.717, 1.165) is 23.3 Å². The molecular weight excluding hydrogens is 437 g/mol. The Kier molecular flexibility index (Phi) is 6.23. The van der Waals surface area contributed by atoms with Crippen LogP contribution in [0.2, 0.25) is 0 Å². The maximum atomic E-state index is 12.9. The molecule has 1 aliphatic heterocycles. The Morgan fingerprint density at radius 2 is 1.62 bits per heavy atom. The molecule has 0 aliphatic carbocycles. The second kappa shape index (κ2) is 9.08. The number of nitrogens with zero attached hydrogens (tertiary/aromatic N) is 1. The molecule has 1 aliphatic rings. The smallest absolute Gasteiger partial charge is 0.326 e. The lowest BCUT2D eigenvalue weighted by atomic mass is 10.1. The van der Waals surface area contributed by atoms with Crippen molar-refractivity contribution in [3.8, 4) is 0 Å². The Morgan fingerprint density at radius 3 is 2.25 bits per heavy atom. The van der Waals surface area contributed by atoms with Gasteiger partial charge >= 0.3 is 6.18 Å². The first kappa shape index (κ1) is 22.0. The third kappa shape index (κ3) is 4.96. The van der Waals surface area contributed by atoms with Crippen molar-refractivity contribution in [1.82, 2.24) is 0 Å². The quantitative estimate of drug-likeness (QED) is 0.539. The number of thioether (sulfide) groups is 1. The molecule has 1 N–H and O–H groups in total. The zero-order valence-electron chi connectivity index (χ0n) is 16.8. The summed E-state index contributed by atoms with van der Waals surface area (Å²) in [6.45, 7) is 0. The zero-order chi connectivity index (χ0) is 22.7. The highest BCUT2D eigenvalue weighted by molar-refractivity contribution is 8.00. The van der Waals surface area contributed by atoms with Crippen LogP contribution in [0.1, 0.15) is 22.1 Å². The van der Waals surface area contributed by atoms with Crippen molar-refractivity contribution in [2.75, 3.05) is 16.0 Å². The highest BCUT2D eigenvalue weighted by Crippen LogP contribution is 2.42. The normalized spacial score (nSPS) is 16.3. The van der Waals surface area contributed by atoms with Crippen molar-refractivity contribution in [2.45, 2.75) is 18.0 Å². The zero-order valence-corrected chi connectivity index (χ0v) is 17.6. The third-order valence-electron chi connectivity index (χ3n) is 5.03. The molecule has 1 fully saturated rings. The van der Waals surface area contributed by atoms with E-state index in [0.29, 0.717) is 11.4 Å². The number of halogens is 3. The Morgan fingerprint density at radius 1 is 0.969 bits per heavy atom. The molecule has 0 bridgehead atoms. The average molecular weight is 456 g/mol. The maximum absolute atomic E-state index is 12.9. The fourth-order valence-corrected chi connectivity index (χ4v) is 4.66. The predicted octanol–water partition coefficient (Wildman–Crippen LogP) is 5.67. The van der Waals surface area contributed by atoms with Gasteiger partial charge in [0.25, 0.3) is 0 Å². The number of carbonyl (C=O) groups is 2. The summed E-state index contributed by atoms with van der Waals surface area (Å²) in [4.78, 5) is 26.2. The standard InChI is InChI=1S/C24H19F3N2O2S/c25-24(26,27)18-8-12-20(13-9-18)29-22(31)15-32-23(29)17-6-10-19(11-7-17)28-21(30)14-16-4-2-1-3-5-16/h1-13,23H,14-15H2,(H,28,30)/t23-/m1/s1. The molecule has 0 radical (unpaired) electrons. The van der Waals surface area contributed by atoms with Gasteiger partial charge in [0, 0.05) is 11.4 Å². The van der Waals surface area contributed by atoms with E-state index < -0.39 is 11.7 Å². The number of nitrogens with one attached hydrogen (secondary N) is 1. The van der Waals surface area contributed by atoms with Gasteiger partial charge in [-0.1, -0.05) is 42.5 Å². The first-order valence-electron chi connectivity index (χ1n) is 9.86. The molecule has 1 saturated heterocycles. The van der Waals surface area contributed by atoms with Crippen LogP contribution < -0.4 is 10.2 Å². The minimum atomic E-state index is -4.43. The topological polar surface area (TPSA) is 49.4 Å². The fraction of sp³-hybridized carbons (Fsp3) is 0.167. The van der Waals surface area contributed by atoms with E-state index in [1.807, 2.05) is 42.5 Å². The van der Waals surface area contributed by atoms with Crippen LogP contribution in [0.15, 0.2) is 78.9 Å². The summed E-state index contributed by atoms with van der Waals surface area (Å²) in [6.07, 6.45) is -4.17. The lowest BCUT2D eigenvalue weighted by molar-refractivity contribution is -0.137. The predicted molar refractivity (Wildman–Crippen MR) is 119 cm³/mol. The van der Waals surface area contributed by atoms with Gasteiger partial charge in [-0.15, -0.1) is 11.8 Å². The minimum Gasteiger partial charge on any atom is -0.326 e. The van der Waals surface area contributed by atoms with Gasteiger partial charge in [-0.05, 0) is 47.5 Å². The van der Waals surface area contributed by atoms with Crippen LogP contribution in [-0.2, 0) is 22.2 Å². The maximum Gasteiger partial charge on any atom is 0.416 e. The van der Waals surface area contributed by atoms with E-state index in [4.69, 9.17) is 0 Å². The molecule has 1 atom stereocenters. The summed E-state index contributed by atoms with van der Waals surface area (Å²) in [5, 5.41) is 2.49. The second-order valence-electron chi connectivity index (χ2n) is 7.30. The first-order valence-corrected chi connectivity index (χ1v) is 10.9. The van der Waals surface area contributed by atoms with Crippen molar-refractivity contribution >= 4 is 35.0 Å². The van der Waals surface area contributed by atoms with Crippen LogP contribution in [0.25, 0.3) is 0 Å². The van der Waals surface area contributed by atoms with Crippen molar-refractivity contribution in [3.63, 3.8) is 0 Å². The lowest BCUT2D eigenvalue weighted by Gasteiger charge is -2.25. The summed E-state index contributed by atoms with van der Waals surface area (Å²) < 4.78 is 38.6. The molecule has 3 aromatic carbocycles. The van der Waals surface area contributed by atoms with Gasteiger partial charge < -0.3 is 5.32 Å². The van der Waals surface area contributed by atoms with Gasteiger partial charge in [-0.2, -0.15) is 13.2 Å². The van der Waals surface area contributed by atoms with Crippen molar-refractivity contribution in [3.05, 3.63) is 95.6 Å². The summed E-state index contributed by atoms with van der Waals surface area (Å²) >= 11 is 1.40. The van der Waals surface area contributed by atoms with Gasteiger partial charge in [0.2, 0.25) is 11.8 Å². The number of hydrogen-bond acceptors (Lipinski definition) is 3. The molecule has 8 heteroatoms. The number of amides is 2. The summed E-state index contributed by atoms with van der Waals surface area (Å²) in [6, 6.07) is 21.1. The molecule has 3 aromatic rings. The van der Waals surface area contributed by atoms with Crippen LogP contribution >= 0.6 is 11.8 Å². The van der Waals surface area contributed by atoms with Gasteiger partial charge in [0.1, 0.15) is 5.37 Å². The van der Waals surface area contributed by atoms with E-state index in [1.54, 1.807) is 12.1 Å². The monoisotopic (exact) mass is 456 g/mol. The summed E-state index contributed by atoms with van der Waals surface area (Å²) in [5.74, 6) is -0.0675. The Labute approximate surface area is 187 Å². The number of carbonyl (C=O) groups excluding carboxylic acids is 2. The van der Waals surface area contributed by atoms with Gasteiger partial charge in [-0.3, -0.25) is 14.5 Å². The second-order valence-corrected chi connectivity index (χ2v) is 8.37.